The molecule has 0 bridgehead atoms. The van der Waals surface area contributed by atoms with E-state index in [2.05, 4.69) is 37.2 Å². The molecule has 2 aromatic rings. The number of amides is 1. The lowest BCUT2D eigenvalue weighted by Crippen LogP contribution is -2.15. The molecule has 2 rings (SSSR count). The van der Waals surface area contributed by atoms with Crippen LogP contribution >= 0.6 is 31.9 Å². The summed E-state index contributed by atoms with van der Waals surface area (Å²) in [6.45, 7) is 0. The average Bonchev–Trinajstić information content (AvgIpc) is 2.70. The number of hydrogen-bond acceptors (Lipinski definition) is 3. The quantitative estimate of drug-likeness (QED) is 0.627. The molecule has 0 aliphatic carbocycles. The molecule has 0 saturated heterocycles. The lowest BCUT2D eigenvalue weighted by Gasteiger charge is -2.06. The van der Waals surface area contributed by atoms with Crippen LogP contribution in [0, 0.1) is 10.1 Å². The number of nitro benzene ring substituents is 1. The predicted octanol–water partition coefficient (Wildman–Crippen LogP) is 3.71. The van der Waals surface area contributed by atoms with Crippen LogP contribution in [0.5, 0.6) is 0 Å². The molecule has 1 amide bonds. The molecule has 1 aromatic heterocycles. The van der Waals surface area contributed by atoms with Gasteiger partial charge in [-0.25, -0.2) is 0 Å². The molecular weight excluding hydrogens is 394 g/mol. The molecule has 6 nitrogen and oxygen atoms in total. The highest BCUT2D eigenvalue weighted by Gasteiger charge is 2.15. The predicted molar refractivity (Wildman–Crippen MR) is 81.9 cm³/mol. The van der Waals surface area contributed by atoms with Gasteiger partial charge in [-0.1, -0.05) is 0 Å². The van der Waals surface area contributed by atoms with Gasteiger partial charge in [0.2, 0.25) is 0 Å². The van der Waals surface area contributed by atoms with Crippen LogP contribution in [-0.2, 0) is 7.05 Å². The number of benzene rings is 1. The average molecular weight is 403 g/mol. The van der Waals surface area contributed by atoms with E-state index >= 15 is 0 Å². The zero-order valence-corrected chi connectivity index (χ0v) is 13.4. The van der Waals surface area contributed by atoms with Crippen LogP contribution < -0.4 is 5.32 Å². The van der Waals surface area contributed by atoms with E-state index in [1.165, 1.54) is 12.1 Å². The minimum Gasteiger partial charge on any atom is -0.345 e. The molecule has 0 fully saturated rings. The summed E-state index contributed by atoms with van der Waals surface area (Å²) in [6.07, 6.45) is 1.75. The molecule has 20 heavy (non-hydrogen) atoms. The number of aryl methyl sites for hydroxylation is 1. The van der Waals surface area contributed by atoms with Crippen LogP contribution in [0.15, 0.2) is 39.4 Å². The number of nitro groups is 1. The van der Waals surface area contributed by atoms with Crippen LogP contribution in [0.2, 0.25) is 0 Å². The molecule has 1 heterocycles. The lowest BCUT2D eigenvalue weighted by atomic mass is 10.2. The second-order valence-corrected chi connectivity index (χ2v) is 5.80. The molecule has 104 valence electrons. The number of anilines is 1. The molecule has 0 unspecified atom stereocenters. The van der Waals surface area contributed by atoms with Crippen molar-refractivity contribution in [2.75, 3.05) is 5.32 Å². The number of carbonyl (C=O) groups excluding carboxylic acids is 1. The Morgan fingerprint density at radius 2 is 2.05 bits per heavy atom. The van der Waals surface area contributed by atoms with Gasteiger partial charge in [-0.2, -0.15) is 0 Å². The highest BCUT2D eigenvalue weighted by Crippen LogP contribution is 2.28. The minimum atomic E-state index is -0.515. The number of nitrogens with one attached hydrogen (secondary N) is 1. The van der Waals surface area contributed by atoms with Gasteiger partial charge in [0.15, 0.2) is 0 Å². The van der Waals surface area contributed by atoms with Gasteiger partial charge in [0.05, 0.1) is 9.40 Å². The van der Waals surface area contributed by atoms with Crippen molar-refractivity contribution in [3.8, 4) is 0 Å². The van der Waals surface area contributed by atoms with Gasteiger partial charge in [0.25, 0.3) is 11.6 Å². The second kappa shape index (κ2) is 5.76. The topological polar surface area (TPSA) is 77.2 Å². The summed E-state index contributed by atoms with van der Waals surface area (Å²) in [5.41, 5.74) is 0.709. The van der Waals surface area contributed by atoms with Crippen molar-refractivity contribution in [2.45, 2.75) is 0 Å². The molecule has 0 atom stereocenters. The maximum absolute atomic E-state index is 12.1. The van der Waals surface area contributed by atoms with Gasteiger partial charge >= 0.3 is 0 Å². The first-order chi connectivity index (χ1) is 9.38. The van der Waals surface area contributed by atoms with E-state index in [1.807, 2.05) is 0 Å². The Morgan fingerprint density at radius 3 is 2.60 bits per heavy atom. The normalized spacial score (nSPS) is 10.3. The fraction of sp³-hybridized carbons (Fsp3) is 0.0833. The molecule has 0 spiro atoms. The summed E-state index contributed by atoms with van der Waals surface area (Å²) in [6, 6.07) is 6.09. The van der Waals surface area contributed by atoms with E-state index in [9.17, 15) is 14.9 Å². The molecule has 1 N–H and O–H groups in total. The molecule has 0 radical (unpaired) electrons. The standard InChI is InChI=1S/C12H9Br2N3O3/c1-16-6-7(13)4-11(16)12(18)15-8-2-3-9(14)10(5-8)17(19)20/h2-6H,1H3,(H,15,18). The van der Waals surface area contributed by atoms with Crippen molar-refractivity contribution < 1.29 is 9.72 Å². The minimum absolute atomic E-state index is 0.101. The smallest absolute Gasteiger partial charge is 0.285 e. The number of hydrogen-bond donors (Lipinski definition) is 1. The summed E-state index contributed by atoms with van der Waals surface area (Å²) < 4.78 is 2.81. The highest BCUT2D eigenvalue weighted by atomic mass is 79.9. The maximum atomic E-state index is 12.1. The van der Waals surface area contributed by atoms with Gasteiger partial charge in [-0.15, -0.1) is 0 Å². The number of carbonyl (C=O) groups is 1. The number of halogens is 2. The third-order valence-electron chi connectivity index (χ3n) is 2.60. The van der Waals surface area contributed by atoms with Crippen molar-refractivity contribution in [2.24, 2.45) is 7.05 Å². The van der Waals surface area contributed by atoms with E-state index in [1.54, 1.807) is 29.9 Å². The van der Waals surface area contributed by atoms with E-state index < -0.39 is 4.92 Å². The molecule has 0 aliphatic rings. The van der Waals surface area contributed by atoms with E-state index in [4.69, 9.17) is 0 Å². The van der Waals surface area contributed by atoms with Crippen molar-refractivity contribution >= 4 is 49.1 Å². The number of rotatable bonds is 3. The molecule has 8 heteroatoms. The molecule has 0 saturated carbocycles. The highest BCUT2D eigenvalue weighted by molar-refractivity contribution is 9.10. The Morgan fingerprint density at radius 1 is 1.35 bits per heavy atom. The maximum Gasteiger partial charge on any atom is 0.285 e. The van der Waals surface area contributed by atoms with Crippen LogP contribution in [0.1, 0.15) is 10.5 Å². The first-order valence-corrected chi connectivity index (χ1v) is 7.04. The largest absolute Gasteiger partial charge is 0.345 e. The van der Waals surface area contributed by atoms with Crippen molar-refractivity contribution in [1.82, 2.24) is 4.57 Å². The molecule has 1 aromatic carbocycles. The third-order valence-corrected chi connectivity index (χ3v) is 3.71. The van der Waals surface area contributed by atoms with Gasteiger partial charge in [-0.05, 0) is 50.1 Å². The summed E-state index contributed by atoms with van der Waals surface area (Å²) >= 11 is 6.37. The fourth-order valence-corrected chi connectivity index (χ4v) is 2.59. The number of nitrogens with zero attached hydrogens (tertiary/aromatic N) is 2. The molecular formula is C12H9Br2N3O3. The Balaban J connectivity index is 2.26. The van der Waals surface area contributed by atoms with Crippen LogP contribution in [-0.4, -0.2) is 15.4 Å². The number of aromatic nitrogens is 1. The van der Waals surface area contributed by atoms with E-state index in [0.29, 0.717) is 15.9 Å². The van der Waals surface area contributed by atoms with Gasteiger partial charge in [0, 0.05) is 29.5 Å². The SMILES string of the molecule is Cn1cc(Br)cc1C(=O)Nc1ccc(Br)c([N+](=O)[O-])c1. The van der Waals surface area contributed by atoms with E-state index in [-0.39, 0.29) is 11.6 Å². The summed E-state index contributed by atoms with van der Waals surface area (Å²) in [5, 5.41) is 13.5. The summed E-state index contributed by atoms with van der Waals surface area (Å²) in [4.78, 5) is 22.4. The summed E-state index contributed by atoms with van der Waals surface area (Å²) in [7, 11) is 1.74. The van der Waals surface area contributed by atoms with Crippen molar-refractivity contribution in [3.05, 3.63) is 55.2 Å². The van der Waals surface area contributed by atoms with Gasteiger partial charge in [0.1, 0.15) is 5.69 Å². The monoisotopic (exact) mass is 401 g/mol. The Bertz CT molecular complexity index is 697. The zero-order valence-electron chi connectivity index (χ0n) is 10.3. The van der Waals surface area contributed by atoms with Crippen LogP contribution in [0.4, 0.5) is 11.4 Å². The first-order valence-electron chi connectivity index (χ1n) is 5.45. The van der Waals surface area contributed by atoms with Crippen LogP contribution in [0.3, 0.4) is 0 Å². The van der Waals surface area contributed by atoms with Gasteiger partial charge in [-0.3, -0.25) is 14.9 Å². The van der Waals surface area contributed by atoms with E-state index in [0.717, 1.165) is 4.47 Å². The fourth-order valence-electron chi connectivity index (χ4n) is 1.68. The Hall–Kier alpha value is -1.67. The van der Waals surface area contributed by atoms with Crippen molar-refractivity contribution in [1.29, 1.82) is 0 Å². The Labute approximate surface area is 131 Å². The second-order valence-electron chi connectivity index (χ2n) is 4.03. The molecule has 0 aliphatic heterocycles. The van der Waals surface area contributed by atoms with Gasteiger partial charge < -0.3 is 9.88 Å². The Kier molecular flexibility index (Phi) is 4.24. The summed E-state index contributed by atoms with van der Waals surface area (Å²) in [5.74, 6) is -0.338. The van der Waals surface area contributed by atoms with Crippen LogP contribution in [0.25, 0.3) is 0 Å². The lowest BCUT2D eigenvalue weighted by molar-refractivity contribution is -0.385. The van der Waals surface area contributed by atoms with Crippen molar-refractivity contribution in [3.63, 3.8) is 0 Å². The third kappa shape index (κ3) is 3.07. The first kappa shape index (κ1) is 14.7. The zero-order chi connectivity index (χ0) is 14.9.